The number of carbonyl (C=O) groups excluding carboxylic acids is 1. The average Bonchev–Trinajstić information content (AvgIpc) is 2.54. The lowest BCUT2D eigenvalue weighted by atomic mass is 9.89. The Morgan fingerprint density at radius 3 is 2.71 bits per heavy atom. The van der Waals surface area contributed by atoms with Crippen LogP contribution in [-0.2, 0) is 23.7 Å². The number of carbonyl (C=O) groups is 1. The number of esters is 1. The highest BCUT2D eigenvalue weighted by Gasteiger charge is 2.44. The molecule has 1 aromatic carbocycles. The molecule has 0 amide bonds. The number of hydrogen-bond donors (Lipinski definition) is 0. The van der Waals surface area contributed by atoms with Gasteiger partial charge in [0.15, 0.2) is 12.4 Å². The fourth-order valence-corrected chi connectivity index (χ4v) is 2.97. The van der Waals surface area contributed by atoms with Crippen LogP contribution in [0.4, 0.5) is 0 Å². The zero-order chi connectivity index (χ0) is 14.8. The van der Waals surface area contributed by atoms with Gasteiger partial charge in [-0.25, -0.2) is 4.79 Å². The summed E-state index contributed by atoms with van der Waals surface area (Å²) in [6, 6.07) is 9.85. The van der Waals surface area contributed by atoms with Crippen molar-refractivity contribution in [2.24, 2.45) is 5.92 Å². The quantitative estimate of drug-likeness (QED) is 0.781. The SMILES string of the molecule is COC(=O)[C@H]1C[C@@H](C)[C@H]2O[C@@H](c3ccccc3)OC[C@H]2O1. The number of fused-ring (bicyclic) bond motifs is 1. The second kappa shape index (κ2) is 6.13. The summed E-state index contributed by atoms with van der Waals surface area (Å²) in [5.74, 6) is -0.117. The molecule has 0 spiro atoms. The third kappa shape index (κ3) is 2.95. The molecule has 114 valence electrons. The van der Waals surface area contributed by atoms with Gasteiger partial charge in [0.2, 0.25) is 0 Å². The van der Waals surface area contributed by atoms with Crippen LogP contribution in [0.5, 0.6) is 0 Å². The second-order valence-electron chi connectivity index (χ2n) is 5.58. The van der Waals surface area contributed by atoms with Gasteiger partial charge >= 0.3 is 5.97 Å². The standard InChI is InChI=1S/C16H20O5/c1-10-8-12(15(17)18-2)20-13-9-19-16(21-14(10)13)11-6-4-3-5-7-11/h3-7,10,12-14,16H,8-9H2,1-2H3/t10-,12-,13-,14-,16+/m1/s1. The van der Waals surface area contributed by atoms with Crippen molar-refractivity contribution in [2.75, 3.05) is 13.7 Å². The summed E-state index contributed by atoms with van der Waals surface area (Å²) in [5.41, 5.74) is 0.998. The number of hydrogen-bond acceptors (Lipinski definition) is 5. The zero-order valence-electron chi connectivity index (χ0n) is 12.2. The van der Waals surface area contributed by atoms with Gasteiger partial charge in [-0.1, -0.05) is 37.3 Å². The molecule has 1 aromatic rings. The summed E-state index contributed by atoms with van der Waals surface area (Å²) in [6.45, 7) is 2.49. The minimum absolute atomic E-state index is 0.0649. The van der Waals surface area contributed by atoms with Crippen molar-refractivity contribution in [2.45, 2.75) is 37.9 Å². The monoisotopic (exact) mass is 292 g/mol. The molecule has 0 aliphatic carbocycles. The first kappa shape index (κ1) is 14.5. The summed E-state index contributed by atoms with van der Waals surface area (Å²) in [6.07, 6.45) is -0.572. The molecule has 0 radical (unpaired) electrons. The molecule has 2 aliphatic rings. The summed E-state index contributed by atoms with van der Waals surface area (Å²) in [4.78, 5) is 11.6. The molecule has 0 unspecified atom stereocenters. The molecule has 5 atom stereocenters. The predicted octanol–water partition coefficient (Wildman–Crippen LogP) is 2.07. The molecule has 0 bridgehead atoms. The van der Waals surface area contributed by atoms with E-state index in [2.05, 4.69) is 6.92 Å². The van der Waals surface area contributed by atoms with Crippen LogP contribution < -0.4 is 0 Å². The van der Waals surface area contributed by atoms with Crippen LogP contribution in [0, 0.1) is 5.92 Å². The molecule has 2 saturated heterocycles. The van der Waals surface area contributed by atoms with Crippen molar-refractivity contribution >= 4 is 5.97 Å². The summed E-state index contributed by atoms with van der Waals surface area (Å²) >= 11 is 0. The first-order valence-electron chi connectivity index (χ1n) is 7.24. The van der Waals surface area contributed by atoms with Gasteiger partial charge in [-0.05, 0) is 12.3 Å². The number of benzene rings is 1. The van der Waals surface area contributed by atoms with Crippen molar-refractivity contribution in [1.82, 2.24) is 0 Å². The molecule has 0 saturated carbocycles. The van der Waals surface area contributed by atoms with Crippen LogP contribution in [0.2, 0.25) is 0 Å². The molecule has 2 aliphatic heterocycles. The van der Waals surface area contributed by atoms with Crippen molar-refractivity contribution in [3.63, 3.8) is 0 Å². The van der Waals surface area contributed by atoms with Gasteiger partial charge in [-0.3, -0.25) is 0 Å². The van der Waals surface area contributed by atoms with Crippen molar-refractivity contribution < 1.29 is 23.7 Å². The first-order chi connectivity index (χ1) is 10.2. The fourth-order valence-electron chi connectivity index (χ4n) is 2.97. The van der Waals surface area contributed by atoms with E-state index in [1.165, 1.54) is 7.11 Å². The van der Waals surface area contributed by atoms with Crippen LogP contribution in [0.25, 0.3) is 0 Å². The molecular weight excluding hydrogens is 272 g/mol. The molecule has 0 N–H and O–H groups in total. The Labute approximate surface area is 124 Å². The van der Waals surface area contributed by atoms with Gasteiger partial charge in [0, 0.05) is 5.56 Å². The summed E-state index contributed by atoms with van der Waals surface area (Å²) in [5, 5.41) is 0. The maximum Gasteiger partial charge on any atom is 0.335 e. The van der Waals surface area contributed by atoms with Gasteiger partial charge in [0.25, 0.3) is 0 Å². The van der Waals surface area contributed by atoms with E-state index < -0.39 is 6.10 Å². The highest BCUT2D eigenvalue weighted by Crippen LogP contribution is 2.36. The lowest BCUT2D eigenvalue weighted by Gasteiger charge is -2.44. The van der Waals surface area contributed by atoms with E-state index in [1.54, 1.807) is 0 Å². The molecule has 5 heteroatoms. The van der Waals surface area contributed by atoms with E-state index in [1.807, 2.05) is 30.3 Å². The normalized spacial score (nSPS) is 35.8. The Hall–Kier alpha value is -1.43. The largest absolute Gasteiger partial charge is 0.467 e. The molecule has 0 aromatic heterocycles. The Morgan fingerprint density at radius 2 is 2.00 bits per heavy atom. The molecule has 3 rings (SSSR count). The van der Waals surface area contributed by atoms with Crippen LogP contribution in [0.15, 0.2) is 30.3 Å². The lowest BCUT2D eigenvalue weighted by Crippen LogP contribution is -2.53. The van der Waals surface area contributed by atoms with Gasteiger partial charge < -0.3 is 18.9 Å². The minimum atomic E-state index is -0.522. The van der Waals surface area contributed by atoms with Gasteiger partial charge in [0.1, 0.15) is 6.10 Å². The average molecular weight is 292 g/mol. The van der Waals surface area contributed by atoms with Gasteiger partial charge in [-0.15, -0.1) is 0 Å². The molecule has 2 heterocycles. The van der Waals surface area contributed by atoms with E-state index >= 15 is 0 Å². The van der Waals surface area contributed by atoms with E-state index in [-0.39, 0.29) is 30.4 Å². The molecule has 5 nitrogen and oxygen atoms in total. The Balaban J connectivity index is 1.69. The topological polar surface area (TPSA) is 54.0 Å². The van der Waals surface area contributed by atoms with E-state index in [0.29, 0.717) is 13.0 Å². The van der Waals surface area contributed by atoms with Crippen molar-refractivity contribution in [3.8, 4) is 0 Å². The maximum absolute atomic E-state index is 11.6. The summed E-state index contributed by atoms with van der Waals surface area (Å²) in [7, 11) is 1.38. The van der Waals surface area contributed by atoms with Crippen molar-refractivity contribution in [1.29, 1.82) is 0 Å². The Morgan fingerprint density at radius 1 is 1.24 bits per heavy atom. The van der Waals surface area contributed by atoms with Crippen molar-refractivity contribution in [3.05, 3.63) is 35.9 Å². The number of methoxy groups -OCH3 is 1. The van der Waals surface area contributed by atoms with Crippen LogP contribution in [0.1, 0.15) is 25.2 Å². The van der Waals surface area contributed by atoms with E-state index in [0.717, 1.165) is 5.56 Å². The number of rotatable bonds is 2. The fraction of sp³-hybridized carbons (Fsp3) is 0.562. The third-order valence-corrected chi connectivity index (χ3v) is 4.08. The van der Waals surface area contributed by atoms with Crippen LogP contribution in [-0.4, -0.2) is 38.0 Å². The summed E-state index contributed by atoms with van der Waals surface area (Å²) < 4.78 is 22.3. The second-order valence-corrected chi connectivity index (χ2v) is 5.58. The lowest BCUT2D eigenvalue weighted by molar-refractivity contribution is -0.299. The predicted molar refractivity (Wildman–Crippen MR) is 74.5 cm³/mol. The van der Waals surface area contributed by atoms with E-state index in [4.69, 9.17) is 18.9 Å². The smallest absolute Gasteiger partial charge is 0.335 e. The van der Waals surface area contributed by atoms with Crippen LogP contribution in [0.3, 0.4) is 0 Å². The highest BCUT2D eigenvalue weighted by atomic mass is 16.7. The highest BCUT2D eigenvalue weighted by molar-refractivity contribution is 5.74. The molecular formula is C16H20O5. The molecule has 21 heavy (non-hydrogen) atoms. The van der Waals surface area contributed by atoms with E-state index in [9.17, 15) is 4.79 Å². The Bertz CT molecular complexity index is 489. The van der Waals surface area contributed by atoms with Gasteiger partial charge in [-0.2, -0.15) is 0 Å². The van der Waals surface area contributed by atoms with Gasteiger partial charge in [0.05, 0.1) is 19.8 Å². The minimum Gasteiger partial charge on any atom is -0.467 e. The first-order valence-corrected chi connectivity index (χ1v) is 7.24. The van der Waals surface area contributed by atoms with Crippen LogP contribution >= 0.6 is 0 Å². The molecule has 2 fully saturated rings. The Kier molecular flexibility index (Phi) is 4.24. The number of ether oxygens (including phenoxy) is 4. The third-order valence-electron chi connectivity index (χ3n) is 4.08. The zero-order valence-corrected chi connectivity index (χ0v) is 12.2. The maximum atomic E-state index is 11.6.